The molecular formula is C11H14N4O3. The molecule has 0 aliphatic carbocycles. The summed E-state index contributed by atoms with van der Waals surface area (Å²) in [6.45, 7) is 4.71. The van der Waals surface area contributed by atoms with Crippen LogP contribution in [0.1, 0.15) is 12.5 Å². The highest BCUT2D eigenvalue weighted by atomic mass is 16.6. The molecule has 18 heavy (non-hydrogen) atoms. The minimum absolute atomic E-state index is 0.0332. The number of nitro groups is 1. The number of carbonyl (C=O) groups is 1. The number of aryl methyl sites for hydroxylation is 1. The molecule has 0 N–H and O–H groups in total. The summed E-state index contributed by atoms with van der Waals surface area (Å²) in [6.07, 6.45) is 1.57. The first-order valence-electron chi connectivity index (χ1n) is 5.66. The quantitative estimate of drug-likeness (QED) is 0.588. The average molecular weight is 250 g/mol. The molecule has 0 spiro atoms. The molecule has 0 atom stereocenters. The number of hydrogen-bond acceptors (Lipinski definition) is 5. The van der Waals surface area contributed by atoms with E-state index in [0.717, 1.165) is 5.56 Å². The average Bonchev–Trinajstić information content (AvgIpc) is 2.70. The number of carbonyl (C=O) groups excluding carboxylic acids is 1. The van der Waals surface area contributed by atoms with Crippen molar-refractivity contribution in [1.29, 1.82) is 0 Å². The highest BCUT2D eigenvalue weighted by Gasteiger charge is 2.31. The van der Waals surface area contributed by atoms with Crippen LogP contribution in [0, 0.1) is 17.0 Å². The van der Waals surface area contributed by atoms with Gasteiger partial charge >= 0.3 is 5.69 Å². The van der Waals surface area contributed by atoms with Crippen molar-refractivity contribution in [2.24, 2.45) is 0 Å². The summed E-state index contributed by atoms with van der Waals surface area (Å²) in [7, 11) is 0. The van der Waals surface area contributed by atoms with Gasteiger partial charge in [-0.1, -0.05) is 0 Å². The lowest BCUT2D eigenvalue weighted by Crippen LogP contribution is -2.27. The van der Waals surface area contributed by atoms with Crippen LogP contribution in [0.2, 0.25) is 0 Å². The summed E-state index contributed by atoms with van der Waals surface area (Å²) < 4.78 is 0. The number of anilines is 1. The van der Waals surface area contributed by atoms with Crippen LogP contribution in [-0.4, -0.2) is 40.5 Å². The third-order valence-corrected chi connectivity index (χ3v) is 2.88. The molecule has 0 aromatic carbocycles. The van der Waals surface area contributed by atoms with Crippen molar-refractivity contribution in [2.45, 2.75) is 13.8 Å². The van der Waals surface area contributed by atoms with E-state index in [0.29, 0.717) is 13.2 Å². The summed E-state index contributed by atoms with van der Waals surface area (Å²) in [5, 5.41) is 11.0. The van der Waals surface area contributed by atoms with Gasteiger partial charge in [0, 0.05) is 18.8 Å². The summed E-state index contributed by atoms with van der Waals surface area (Å²) in [6, 6.07) is 1.47. The molecule has 7 heteroatoms. The van der Waals surface area contributed by atoms with Crippen molar-refractivity contribution in [2.75, 3.05) is 24.7 Å². The van der Waals surface area contributed by atoms with Crippen LogP contribution in [0.15, 0.2) is 12.3 Å². The molecule has 1 fully saturated rings. The highest BCUT2D eigenvalue weighted by Crippen LogP contribution is 2.28. The summed E-state index contributed by atoms with van der Waals surface area (Å²) in [5.74, 6) is 0.226. The number of hydrogen-bond donors (Lipinski definition) is 0. The minimum atomic E-state index is -0.464. The SMILES string of the molecule is CCN1CN(c2ncc(C)cc2[N+](=O)[O-])CC1=O. The lowest BCUT2D eigenvalue weighted by Gasteiger charge is -2.17. The van der Waals surface area contributed by atoms with E-state index in [1.165, 1.54) is 6.07 Å². The van der Waals surface area contributed by atoms with Crippen LogP contribution in [0.5, 0.6) is 0 Å². The zero-order chi connectivity index (χ0) is 13.3. The Morgan fingerprint density at radius 2 is 2.28 bits per heavy atom. The van der Waals surface area contributed by atoms with Gasteiger partial charge in [0.05, 0.1) is 11.6 Å². The molecule has 1 aliphatic rings. The molecule has 0 unspecified atom stereocenters. The maximum Gasteiger partial charge on any atom is 0.311 e. The molecule has 96 valence electrons. The van der Waals surface area contributed by atoms with Crippen LogP contribution in [0.4, 0.5) is 11.5 Å². The van der Waals surface area contributed by atoms with Crippen molar-refractivity contribution in [3.8, 4) is 0 Å². The molecule has 1 aliphatic heterocycles. The van der Waals surface area contributed by atoms with Crippen molar-refractivity contribution < 1.29 is 9.72 Å². The van der Waals surface area contributed by atoms with Crippen molar-refractivity contribution in [1.82, 2.24) is 9.88 Å². The Bertz CT molecular complexity index is 503. The Balaban J connectivity index is 2.35. The van der Waals surface area contributed by atoms with Gasteiger partial charge in [0.15, 0.2) is 0 Å². The van der Waals surface area contributed by atoms with Gasteiger partial charge in [-0.05, 0) is 19.4 Å². The Morgan fingerprint density at radius 3 is 2.83 bits per heavy atom. The van der Waals surface area contributed by atoms with E-state index in [2.05, 4.69) is 4.98 Å². The van der Waals surface area contributed by atoms with E-state index >= 15 is 0 Å². The second kappa shape index (κ2) is 4.59. The third kappa shape index (κ3) is 2.11. The number of pyridine rings is 1. The van der Waals surface area contributed by atoms with Gasteiger partial charge in [0.1, 0.15) is 6.54 Å². The Morgan fingerprint density at radius 1 is 1.56 bits per heavy atom. The van der Waals surface area contributed by atoms with Gasteiger partial charge in [0.25, 0.3) is 0 Å². The predicted molar refractivity (Wildman–Crippen MR) is 65.2 cm³/mol. The zero-order valence-corrected chi connectivity index (χ0v) is 10.3. The molecule has 1 amide bonds. The van der Waals surface area contributed by atoms with Gasteiger partial charge in [0.2, 0.25) is 11.7 Å². The zero-order valence-electron chi connectivity index (χ0n) is 10.3. The van der Waals surface area contributed by atoms with E-state index in [1.54, 1.807) is 22.9 Å². The molecule has 2 rings (SSSR count). The standard InChI is InChI=1S/C11H14N4O3/c1-3-13-7-14(6-10(13)16)11-9(15(17)18)4-8(2)5-12-11/h4-5H,3,6-7H2,1-2H3. The largest absolute Gasteiger partial charge is 0.324 e. The minimum Gasteiger partial charge on any atom is -0.324 e. The molecule has 1 aromatic rings. The Kier molecular flexibility index (Phi) is 3.14. The van der Waals surface area contributed by atoms with E-state index < -0.39 is 4.92 Å². The number of rotatable bonds is 3. The number of amides is 1. The lowest BCUT2D eigenvalue weighted by atomic mass is 10.3. The Hall–Kier alpha value is -2.18. The van der Waals surface area contributed by atoms with Crippen LogP contribution >= 0.6 is 0 Å². The topological polar surface area (TPSA) is 79.6 Å². The van der Waals surface area contributed by atoms with Crippen LogP contribution in [0.25, 0.3) is 0 Å². The lowest BCUT2D eigenvalue weighted by molar-refractivity contribution is -0.384. The van der Waals surface area contributed by atoms with Gasteiger partial charge < -0.3 is 9.80 Å². The number of aromatic nitrogens is 1. The molecule has 2 heterocycles. The Labute approximate surface area is 104 Å². The normalized spacial score (nSPS) is 15.3. The van der Waals surface area contributed by atoms with Gasteiger partial charge in [-0.15, -0.1) is 0 Å². The number of likely N-dealkylation sites (N-methyl/N-ethyl adjacent to an activating group) is 1. The molecular weight excluding hydrogens is 236 g/mol. The predicted octanol–water partition coefficient (Wildman–Crippen LogP) is 0.924. The smallest absolute Gasteiger partial charge is 0.311 e. The van der Waals surface area contributed by atoms with Crippen molar-refractivity contribution in [3.63, 3.8) is 0 Å². The molecule has 7 nitrogen and oxygen atoms in total. The van der Waals surface area contributed by atoms with E-state index in [9.17, 15) is 14.9 Å². The van der Waals surface area contributed by atoms with Crippen LogP contribution in [-0.2, 0) is 4.79 Å². The maximum atomic E-state index is 11.6. The van der Waals surface area contributed by atoms with E-state index in [1.807, 2.05) is 6.92 Å². The molecule has 0 bridgehead atoms. The van der Waals surface area contributed by atoms with Gasteiger partial charge in [-0.2, -0.15) is 0 Å². The fourth-order valence-corrected chi connectivity index (χ4v) is 1.94. The molecule has 0 saturated carbocycles. The fraction of sp³-hybridized carbons (Fsp3) is 0.455. The van der Waals surface area contributed by atoms with Gasteiger partial charge in [-0.25, -0.2) is 4.98 Å². The van der Waals surface area contributed by atoms with Crippen LogP contribution < -0.4 is 4.90 Å². The fourth-order valence-electron chi connectivity index (χ4n) is 1.94. The summed E-state index contributed by atoms with van der Waals surface area (Å²) in [4.78, 5) is 29.5. The highest BCUT2D eigenvalue weighted by molar-refractivity contribution is 5.85. The van der Waals surface area contributed by atoms with Crippen molar-refractivity contribution >= 4 is 17.4 Å². The summed E-state index contributed by atoms with van der Waals surface area (Å²) >= 11 is 0. The second-order valence-electron chi connectivity index (χ2n) is 4.20. The van der Waals surface area contributed by atoms with E-state index in [-0.39, 0.29) is 24.0 Å². The van der Waals surface area contributed by atoms with Gasteiger partial charge in [-0.3, -0.25) is 14.9 Å². The molecule has 1 saturated heterocycles. The van der Waals surface area contributed by atoms with Crippen molar-refractivity contribution in [3.05, 3.63) is 27.9 Å². The van der Waals surface area contributed by atoms with E-state index in [4.69, 9.17) is 0 Å². The molecule has 1 aromatic heterocycles. The summed E-state index contributed by atoms with van der Waals surface area (Å²) in [5.41, 5.74) is 0.670. The first-order chi connectivity index (χ1) is 8.52. The number of nitrogens with zero attached hydrogens (tertiary/aromatic N) is 4. The first-order valence-corrected chi connectivity index (χ1v) is 5.66. The maximum absolute atomic E-state index is 11.6. The first kappa shape index (κ1) is 12.3. The third-order valence-electron chi connectivity index (χ3n) is 2.88. The monoisotopic (exact) mass is 250 g/mol. The molecule has 0 radical (unpaired) electrons. The second-order valence-corrected chi connectivity index (χ2v) is 4.20. The van der Waals surface area contributed by atoms with Crippen LogP contribution in [0.3, 0.4) is 0 Å².